The average molecular weight is 242 g/mol. The van der Waals surface area contributed by atoms with E-state index in [1.807, 2.05) is 18.2 Å². The zero-order chi connectivity index (χ0) is 12.4. The van der Waals surface area contributed by atoms with E-state index in [4.69, 9.17) is 0 Å². The minimum Gasteiger partial charge on any atom is -0.331 e. The van der Waals surface area contributed by atoms with Gasteiger partial charge < -0.3 is 10.3 Å². The van der Waals surface area contributed by atoms with Gasteiger partial charge in [0.25, 0.3) is 0 Å². The number of aromatic nitrogens is 2. The van der Waals surface area contributed by atoms with E-state index in [9.17, 15) is 4.79 Å². The van der Waals surface area contributed by atoms with E-state index in [2.05, 4.69) is 26.7 Å². The molecule has 92 valence electrons. The van der Waals surface area contributed by atoms with Crippen molar-refractivity contribution in [2.45, 2.75) is 12.5 Å². The van der Waals surface area contributed by atoms with Crippen LogP contribution in [0.5, 0.6) is 0 Å². The van der Waals surface area contributed by atoms with Crippen LogP contribution in [0.1, 0.15) is 17.2 Å². The molecule has 1 amide bonds. The molecular formula is C13H14N4O. The van der Waals surface area contributed by atoms with Gasteiger partial charge >= 0.3 is 0 Å². The summed E-state index contributed by atoms with van der Waals surface area (Å²) in [6, 6.07) is 7.72. The predicted octanol–water partition coefficient (Wildman–Crippen LogP) is 1.24. The summed E-state index contributed by atoms with van der Waals surface area (Å²) < 4.78 is 0. The molecule has 1 atom stereocenters. The maximum absolute atomic E-state index is 12.2. The van der Waals surface area contributed by atoms with Gasteiger partial charge in [-0.15, -0.1) is 0 Å². The number of hydrogen-bond acceptors (Lipinski definition) is 3. The van der Waals surface area contributed by atoms with Gasteiger partial charge in [0.1, 0.15) is 6.04 Å². The summed E-state index contributed by atoms with van der Waals surface area (Å²) in [5.41, 5.74) is 2.28. The number of anilines is 1. The van der Waals surface area contributed by atoms with Crippen molar-refractivity contribution in [2.75, 3.05) is 11.9 Å². The minimum atomic E-state index is -0.306. The molecule has 0 radical (unpaired) electrons. The van der Waals surface area contributed by atoms with Gasteiger partial charge in [-0.25, -0.2) is 4.98 Å². The van der Waals surface area contributed by atoms with Crippen LogP contribution in [0, 0.1) is 0 Å². The van der Waals surface area contributed by atoms with Gasteiger partial charge in [-0.3, -0.25) is 10.1 Å². The lowest BCUT2D eigenvalue weighted by Crippen LogP contribution is -2.38. The number of amides is 1. The van der Waals surface area contributed by atoms with Crippen LogP contribution in [0.25, 0.3) is 0 Å². The number of fused-ring (bicyclic) bond motifs is 1. The van der Waals surface area contributed by atoms with Crippen molar-refractivity contribution in [3.63, 3.8) is 0 Å². The number of nitrogens with zero attached hydrogens (tertiary/aromatic N) is 1. The van der Waals surface area contributed by atoms with Gasteiger partial charge in [0, 0.05) is 18.9 Å². The van der Waals surface area contributed by atoms with Crippen LogP contribution in [0.15, 0.2) is 36.7 Å². The summed E-state index contributed by atoms with van der Waals surface area (Å²) in [5.74, 6) is 0.391. The topological polar surface area (TPSA) is 69.8 Å². The van der Waals surface area contributed by atoms with Crippen LogP contribution in [0.2, 0.25) is 0 Å². The largest absolute Gasteiger partial charge is 0.331 e. The number of rotatable bonds is 2. The molecule has 18 heavy (non-hydrogen) atoms. The molecular weight excluding hydrogens is 228 g/mol. The first kappa shape index (κ1) is 11.0. The first-order valence-corrected chi connectivity index (χ1v) is 5.96. The van der Waals surface area contributed by atoms with Gasteiger partial charge in [0.2, 0.25) is 11.9 Å². The quantitative estimate of drug-likeness (QED) is 0.742. The van der Waals surface area contributed by atoms with Crippen molar-refractivity contribution < 1.29 is 4.79 Å². The van der Waals surface area contributed by atoms with Gasteiger partial charge in [-0.1, -0.05) is 24.3 Å². The second-order valence-corrected chi connectivity index (χ2v) is 4.26. The SMILES string of the molecule is O=C(Nc1ncc[nH]1)C1NCCc2ccccc21. The van der Waals surface area contributed by atoms with Gasteiger partial charge in [0.05, 0.1) is 0 Å². The predicted molar refractivity (Wildman–Crippen MR) is 68.1 cm³/mol. The average Bonchev–Trinajstić information content (AvgIpc) is 2.91. The molecule has 3 rings (SSSR count). The van der Waals surface area contributed by atoms with Gasteiger partial charge in [-0.05, 0) is 17.5 Å². The third kappa shape index (κ3) is 2.00. The smallest absolute Gasteiger partial charge is 0.248 e. The summed E-state index contributed by atoms with van der Waals surface area (Å²) >= 11 is 0. The zero-order valence-electron chi connectivity index (χ0n) is 9.81. The molecule has 0 saturated carbocycles. The normalized spacial score (nSPS) is 18.1. The van der Waals surface area contributed by atoms with Crippen molar-refractivity contribution in [3.8, 4) is 0 Å². The first-order chi connectivity index (χ1) is 8.84. The number of carbonyl (C=O) groups is 1. The third-order valence-electron chi connectivity index (χ3n) is 3.11. The van der Waals surface area contributed by atoms with E-state index in [0.29, 0.717) is 5.95 Å². The van der Waals surface area contributed by atoms with Crippen LogP contribution < -0.4 is 10.6 Å². The molecule has 0 bridgehead atoms. The molecule has 2 aromatic rings. The molecule has 5 nitrogen and oxygen atoms in total. The Morgan fingerprint density at radius 1 is 1.39 bits per heavy atom. The molecule has 1 aliphatic rings. The van der Waals surface area contributed by atoms with Crippen LogP contribution in [-0.4, -0.2) is 22.4 Å². The molecule has 5 heteroatoms. The molecule has 1 aliphatic heterocycles. The number of hydrogen-bond donors (Lipinski definition) is 3. The van der Waals surface area contributed by atoms with Crippen molar-refractivity contribution in [2.24, 2.45) is 0 Å². The highest BCUT2D eigenvalue weighted by Crippen LogP contribution is 2.23. The number of imidazole rings is 1. The fraction of sp³-hybridized carbons (Fsp3) is 0.231. The zero-order valence-corrected chi connectivity index (χ0v) is 9.81. The Labute approximate surface area is 105 Å². The van der Waals surface area contributed by atoms with E-state index < -0.39 is 0 Å². The fourth-order valence-electron chi connectivity index (χ4n) is 2.26. The standard InChI is InChI=1S/C13H14N4O/c18-12(17-13-15-7-8-16-13)11-10-4-2-1-3-9(10)5-6-14-11/h1-4,7-8,11,14H,5-6H2,(H2,15,16,17,18). The molecule has 0 aliphatic carbocycles. The molecule has 0 saturated heterocycles. The second kappa shape index (κ2) is 4.62. The number of carbonyl (C=O) groups excluding carboxylic acids is 1. The molecule has 1 aromatic heterocycles. The monoisotopic (exact) mass is 242 g/mol. The Bertz CT molecular complexity index is 550. The molecule has 0 fully saturated rings. The Morgan fingerprint density at radius 3 is 3.11 bits per heavy atom. The van der Waals surface area contributed by atoms with E-state index >= 15 is 0 Å². The lowest BCUT2D eigenvalue weighted by atomic mass is 9.94. The van der Waals surface area contributed by atoms with Crippen molar-refractivity contribution in [3.05, 3.63) is 47.8 Å². The molecule has 2 heterocycles. The lowest BCUT2D eigenvalue weighted by molar-refractivity contribution is -0.118. The van der Waals surface area contributed by atoms with Crippen molar-refractivity contribution >= 4 is 11.9 Å². The molecule has 3 N–H and O–H groups in total. The van der Waals surface area contributed by atoms with E-state index in [1.54, 1.807) is 12.4 Å². The van der Waals surface area contributed by atoms with E-state index in [0.717, 1.165) is 18.5 Å². The number of nitrogens with one attached hydrogen (secondary N) is 3. The second-order valence-electron chi connectivity index (χ2n) is 4.26. The molecule has 0 spiro atoms. The lowest BCUT2D eigenvalue weighted by Gasteiger charge is -2.25. The third-order valence-corrected chi connectivity index (χ3v) is 3.11. The first-order valence-electron chi connectivity index (χ1n) is 5.96. The summed E-state index contributed by atoms with van der Waals surface area (Å²) in [5, 5.41) is 6.00. The van der Waals surface area contributed by atoms with Crippen LogP contribution in [0.4, 0.5) is 5.95 Å². The Balaban J connectivity index is 1.83. The van der Waals surface area contributed by atoms with Crippen molar-refractivity contribution in [1.82, 2.24) is 15.3 Å². The fourth-order valence-corrected chi connectivity index (χ4v) is 2.26. The van der Waals surface area contributed by atoms with Crippen molar-refractivity contribution in [1.29, 1.82) is 0 Å². The molecule has 1 unspecified atom stereocenters. The van der Waals surface area contributed by atoms with Crippen LogP contribution in [-0.2, 0) is 11.2 Å². The maximum atomic E-state index is 12.2. The summed E-state index contributed by atoms with van der Waals surface area (Å²) in [4.78, 5) is 19.0. The summed E-state index contributed by atoms with van der Waals surface area (Å²) in [6.07, 6.45) is 4.25. The minimum absolute atomic E-state index is 0.0860. The Morgan fingerprint density at radius 2 is 2.28 bits per heavy atom. The molecule has 1 aromatic carbocycles. The maximum Gasteiger partial charge on any atom is 0.248 e. The van der Waals surface area contributed by atoms with E-state index in [1.165, 1.54) is 5.56 Å². The van der Waals surface area contributed by atoms with Gasteiger partial charge in [-0.2, -0.15) is 0 Å². The highest BCUT2D eigenvalue weighted by atomic mass is 16.2. The van der Waals surface area contributed by atoms with Crippen LogP contribution >= 0.6 is 0 Å². The van der Waals surface area contributed by atoms with E-state index in [-0.39, 0.29) is 11.9 Å². The number of benzene rings is 1. The summed E-state index contributed by atoms with van der Waals surface area (Å²) in [6.45, 7) is 0.813. The Hall–Kier alpha value is -2.14. The Kier molecular flexibility index (Phi) is 2.82. The summed E-state index contributed by atoms with van der Waals surface area (Å²) in [7, 11) is 0. The van der Waals surface area contributed by atoms with Gasteiger partial charge in [0.15, 0.2) is 0 Å². The highest BCUT2D eigenvalue weighted by Gasteiger charge is 2.25. The van der Waals surface area contributed by atoms with Crippen LogP contribution in [0.3, 0.4) is 0 Å². The number of aromatic amines is 1. The highest BCUT2D eigenvalue weighted by molar-refractivity contribution is 5.94. The number of H-pyrrole nitrogens is 1.